The summed E-state index contributed by atoms with van der Waals surface area (Å²) in [5.41, 5.74) is 0. The molecule has 2 saturated heterocycles. The van der Waals surface area contributed by atoms with Gasteiger partial charge in [0.1, 0.15) is 6.04 Å². The highest BCUT2D eigenvalue weighted by atomic mass is 32.2. The molecule has 1 atom stereocenters. The molecule has 23 heavy (non-hydrogen) atoms. The van der Waals surface area contributed by atoms with Gasteiger partial charge in [-0.3, -0.25) is 4.79 Å². The van der Waals surface area contributed by atoms with E-state index < -0.39 is 22.0 Å². The second-order valence-electron chi connectivity index (χ2n) is 6.37. The molecule has 2 aliphatic heterocycles. The van der Waals surface area contributed by atoms with Gasteiger partial charge in [-0.25, -0.2) is 17.5 Å². The van der Waals surface area contributed by atoms with E-state index in [0.717, 1.165) is 6.42 Å². The normalized spacial score (nSPS) is 24.0. The molecule has 0 aromatic carbocycles. The Hall–Kier alpha value is -1.15. The van der Waals surface area contributed by atoms with Crippen LogP contribution >= 0.6 is 0 Å². The topological polar surface area (TPSA) is 95.0 Å². The zero-order valence-electron chi connectivity index (χ0n) is 13.6. The van der Waals surface area contributed by atoms with Crippen LogP contribution in [0.3, 0.4) is 0 Å². The van der Waals surface area contributed by atoms with Gasteiger partial charge in [0.05, 0.1) is 5.75 Å². The van der Waals surface area contributed by atoms with Crippen molar-refractivity contribution in [2.75, 3.05) is 25.4 Å². The molecule has 2 aliphatic rings. The summed E-state index contributed by atoms with van der Waals surface area (Å²) in [4.78, 5) is 25.2. The summed E-state index contributed by atoms with van der Waals surface area (Å²) < 4.78 is 25.8. The minimum Gasteiger partial charge on any atom is -0.480 e. The highest BCUT2D eigenvalue weighted by molar-refractivity contribution is 7.89. The van der Waals surface area contributed by atoms with Crippen molar-refractivity contribution in [2.24, 2.45) is 5.92 Å². The van der Waals surface area contributed by atoms with Crippen molar-refractivity contribution >= 4 is 21.9 Å². The minimum atomic E-state index is -3.22. The van der Waals surface area contributed by atoms with E-state index in [-0.39, 0.29) is 17.6 Å². The highest BCUT2D eigenvalue weighted by Crippen LogP contribution is 2.26. The van der Waals surface area contributed by atoms with Crippen LogP contribution in [0.15, 0.2) is 0 Å². The minimum absolute atomic E-state index is 0.125. The van der Waals surface area contributed by atoms with Crippen LogP contribution in [-0.2, 0) is 19.6 Å². The summed E-state index contributed by atoms with van der Waals surface area (Å²) in [5.74, 6) is -1.17. The Morgan fingerprint density at radius 1 is 1.13 bits per heavy atom. The molecule has 0 saturated carbocycles. The van der Waals surface area contributed by atoms with Crippen LogP contribution in [0.1, 0.15) is 45.4 Å². The van der Waals surface area contributed by atoms with Gasteiger partial charge < -0.3 is 10.0 Å². The van der Waals surface area contributed by atoms with Crippen LogP contribution < -0.4 is 0 Å². The number of amides is 1. The number of carboxylic acids is 1. The number of carboxylic acid groups (broad SMARTS) is 1. The largest absolute Gasteiger partial charge is 0.480 e. The average molecular weight is 346 g/mol. The van der Waals surface area contributed by atoms with Gasteiger partial charge in [-0.1, -0.05) is 13.3 Å². The summed E-state index contributed by atoms with van der Waals surface area (Å²) in [6.07, 6.45) is 3.66. The number of rotatable bonds is 6. The molecule has 2 fully saturated rings. The van der Waals surface area contributed by atoms with E-state index in [1.165, 1.54) is 9.21 Å². The fourth-order valence-electron chi connectivity index (χ4n) is 3.36. The molecule has 2 rings (SSSR count). The van der Waals surface area contributed by atoms with Crippen LogP contribution in [0.5, 0.6) is 0 Å². The molecule has 0 bridgehead atoms. The SMILES string of the molecule is CCCCS(=O)(=O)N1CCC(C(=O)N2CCC[C@H]2C(=O)O)CC1. The second-order valence-corrected chi connectivity index (χ2v) is 8.46. The van der Waals surface area contributed by atoms with Gasteiger partial charge in [0.15, 0.2) is 0 Å². The Kier molecular flexibility index (Phi) is 6.02. The molecule has 7 nitrogen and oxygen atoms in total. The van der Waals surface area contributed by atoms with E-state index in [0.29, 0.717) is 51.7 Å². The molecule has 0 unspecified atom stereocenters. The van der Waals surface area contributed by atoms with E-state index in [9.17, 15) is 23.1 Å². The van der Waals surface area contributed by atoms with E-state index in [2.05, 4.69) is 0 Å². The molecule has 0 aromatic heterocycles. The van der Waals surface area contributed by atoms with Crippen molar-refractivity contribution in [3.63, 3.8) is 0 Å². The zero-order valence-corrected chi connectivity index (χ0v) is 14.4. The van der Waals surface area contributed by atoms with E-state index in [1.54, 1.807) is 0 Å². The summed E-state index contributed by atoms with van der Waals surface area (Å²) in [7, 11) is -3.22. The number of piperidine rings is 1. The molecular weight excluding hydrogens is 320 g/mol. The zero-order chi connectivity index (χ0) is 17.0. The van der Waals surface area contributed by atoms with Crippen molar-refractivity contribution in [2.45, 2.75) is 51.5 Å². The molecule has 132 valence electrons. The van der Waals surface area contributed by atoms with E-state index in [1.807, 2.05) is 6.92 Å². The van der Waals surface area contributed by atoms with Crippen LogP contribution in [-0.4, -0.2) is 66.0 Å². The average Bonchev–Trinajstić information content (AvgIpc) is 3.02. The number of hydrogen-bond donors (Lipinski definition) is 1. The first-order chi connectivity index (χ1) is 10.9. The number of hydrogen-bond acceptors (Lipinski definition) is 4. The van der Waals surface area contributed by atoms with Gasteiger partial charge in [0.25, 0.3) is 0 Å². The number of carbonyl (C=O) groups excluding carboxylic acids is 1. The van der Waals surface area contributed by atoms with Crippen LogP contribution in [0.4, 0.5) is 0 Å². The maximum atomic E-state index is 12.5. The lowest BCUT2D eigenvalue weighted by molar-refractivity contribution is -0.150. The molecule has 1 N–H and O–H groups in total. The quantitative estimate of drug-likeness (QED) is 0.771. The second kappa shape index (κ2) is 7.61. The first kappa shape index (κ1) is 18.2. The Labute approximate surface area is 137 Å². The van der Waals surface area contributed by atoms with Crippen molar-refractivity contribution in [1.29, 1.82) is 0 Å². The Morgan fingerprint density at radius 3 is 2.35 bits per heavy atom. The van der Waals surface area contributed by atoms with Gasteiger partial charge in [0, 0.05) is 25.6 Å². The highest BCUT2D eigenvalue weighted by Gasteiger charge is 2.39. The van der Waals surface area contributed by atoms with Crippen molar-refractivity contribution in [1.82, 2.24) is 9.21 Å². The van der Waals surface area contributed by atoms with Gasteiger partial charge in [-0.2, -0.15) is 0 Å². The number of nitrogens with zero attached hydrogens (tertiary/aromatic N) is 2. The van der Waals surface area contributed by atoms with Gasteiger partial charge in [-0.15, -0.1) is 0 Å². The molecule has 2 heterocycles. The molecule has 0 radical (unpaired) electrons. The van der Waals surface area contributed by atoms with Gasteiger partial charge in [-0.05, 0) is 32.1 Å². The summed E-state index contributed by atoms with van der Waals surface area (Å²) >= 11 is 0. The van der Waals surface area contributed by atoms with Crippen molar-refractivity contribution < 1.29 is 23.1 Å². The van der Waals surface area contributed by atoms with Crippen LogP contribution in [0, 0.1) is 5.92 Å². The summed E-state index contributed by atoms with van der Waals surface area (Å²) in [6, 6.07) is -0.714. The standard InChI is InChI=1S/C15H26N2O5S/c1-2-3-11-23(21,22)16-9-6-12(7-10-16)14(18)17-8-4-5-13(17)15(19)20/h12-13H,2-11H2,1H3,(H,19,20)/t13-/m0/s1. The maximum Gasteiger partial charge on any atom is 0.326 e. The lowest BCUT2D eigenvalue weighted by Gasteiger charge is -2.33. The number of carbonyl (C=O) groups is 2. The lowest BCUT2D eigenvalue weighted by Crippen LogP contribution is -2.47. The molecular formula is C15H26N2O5S. The first-order valence-electron chi connectivity index (χ1n) is 8.38. The van der Waals surface area contributed by atoms with Crippen molar-refractivity contribution in [3.8, 4) is 0 Å². The fraction of sp³-hybridized carbons (Fsp3) is 0.867. The number of unbranched alkanes of at least 4 members (excludes halogenated alkanes) is 1. The first-order valence-corrected chi connectivity index (χ1v) is 9.99. The molecule has 0 aliphatic carbocycles. The molecule has 0 spiro atoms. The molecule has 1 amide bonds. The lowest BCUT2D eigenvalue weighted by atomic mass is 9.96. The van der Waals surface area contributed by atoms with Crippen LogP contribution in [0.25, 0.3) is 0 Å². The Bertz CT molecular complexity index is 540. The van der Waals surface area contributed by atoms with Crippen molar-refractivity contribution in [3.05, 3.63) is 0 Å². The van der Waals surface area contributed by atoms with Gasteiger partial charge >= 0.3 is 5.97 Å². The Morgan fingerprint density at radius 2 is 1.78 bits per heavy atom. The van der Waals surface area contributed by atoms with Gasteiger partial charge in [0.2, 0.25) is 15.9 Å². The maximum absolute atomic E-state index is 12.5. The fourth-order valence-corrected chi connectivity index (χ4v) is 5.04. The smallest absolute Gasteiger partial charge is 0.326 e. The predicted octanol–water partition coefficient (Wildman–Crippen LogP) is 0.904. The van der Waals surface area contributed by atoms with E-state index >= 15 is 0 Å². The van der Waals surface area contributed by atoms with Crippen LogP contribution in [0.2, 0.25) is 0 Å². The third kappa shape index (κ3) is 4.23. The van der Waals surface area contributed by atoms with E-state index in [4.69, 9.17) is 0 Å². The third-order valence-corrected chi connectivity index (χ3v) is 6.73. The predicted molar refractivity (Wildman–Crippen MR) is 85.4 cm³/mol. The number of likely N-dealkylation sites (tertiary alicyclic amines) is 1. The third-order valence-electron chi connectivity index (χ3n) is 4.77. The summed E-state index contributed by atoms with van der Waals surface area (Å²) in [6.45, 7) is 3.15. The number of aliphatic carboxylic acids is 1. The number of sulfonamides is 1. The molecule has 0 aromatic rings. The summed E-state index contributed by atoms with van der Waals surface area (Å²) in [5, 5.41) is 9.18. The molecule has 8 heteroatoms. The Balaban J connectivity index is 1.91. The monoisotopic (exact) mass is 346 g/mol.